The van der Waals surface area contributed by atoms with Crippen LogP contribution in [-0.4, -0.2) is 22.9 Å². The van der Waals surface area contributed by atoms with Crippen molar-refractivity contribution in [3.8, 4) is 5.75 Å². The summed E-state index contributed by atoms with van der Waals surface area (Å²) >= 11 is 0. The number of phenolic OH excluding ortho intramolecular Hbond substituents is 1. The Bertz CT molecular complexity index is 550. The Kier molecular flexibility index (Phi) is 2.74. The molecule has 0 aromatic heterocycles. The number of aromatic hydroxyl groups is 1. The monoisotopic (exact) mass is 288 g/mol. The van der Waals surface area contributed by atoms with Crippen molar-refractivity contribution in [1.29, 1.82) is 0 Å². The number of fused-ring (bicyclic) bond motifs is 1. The molecule has 4 rings (SSSR count). The first-order valence-corrected chi connectivity index (χ1v) is 8.04. The Morgan fingerprint density at radius 1 is 1.19 bits per heavy atom. The number of benzene rings is 1. The summed E-state index contributed by atoms with van der Waals surface area (Å²) < 4.78 is 6.09. The maximum Gasteiger partial charge on any atom is 0.115 e. The second-order valence-corrected chi connectivity index (χ2v) is 7.83. The van der Waals surface area contributed by atoms with Crippen molar-refractivity contribution in [2.45, 2.75) is 45.3 Å². The number of hydrogen-bond donors (Lipinski definition) is 2. The van der Waals surface area contributed by atoms with E-state index in [1.807, 2.05) is 12.1 Å². The Hall–Kier alpha value is -1.06. The minimum atomic E-state index is -0.225. The summed E-state index contributed by atoms with van der Waals surface area (Å²) in [7, 11) is 0. The van der Waals surface area contributed by atoms with Crippen LogP contribution in [0.1, 0.15) is 44.8 Å². The molecule has 3 aliphatic rings. The molecule has 1 aliphatic heterocycles. The highest BCUT2D eigenvalue weighted by Crippen LogP contribution is 2.70. The van der Waals surface area contributed by atoms with Crippen molar-refractivity contribution in [2.75, 3.05) is 6.61 Å². The van der Waals surface area contributed by atoms with Crippen LogP contribution in [0, 0.1) is 22.7 Å². The van der Waals surface area contributed by atoms with Gasteiger partial charge >= 0.3 is 0 Å². The summed E-state index contributed by atoms with van der Waals surface area (Å²) in [6, 6.07) is 7.38. The second-order valence-electron chi connectivity index (χ2n) is 7.83. The van der Waals surface area contributed by atoms with E-state index in [0.29, 0.717) is 17.6 Å². The smallest absolute Gasteiger partial charge is 0.115 e. The highest BCUT2D eigenvalue weighted by atomic mass is 16.5. The van der Waals surface area contributed by atoms with E-state index in [1.54, 1.807) is 12.1 Å². The first-order chi connectivity index (χ1) is 9.95. The molecule has 5 atom stereocenters. The van der Waals surface area contributed by atoms with Crippen LogP contribution in [0.4, 0.5) is 0 Å². The molecule has 3 heteroatoms. The third-order valence-electron chi connectivity index (χ3n) is 6.66. The lowest BCUT2D eigenvalue weighted by atomic mass is 9.60. The molecule has 0 radical (unpaired) electrons. The van der Waals surface area contributed by atoms with Gasteiger partial charge in [-0.05, 0) is 54.2 Å². The van der Waals surface area contributed by atoms with Crippen LogP contribution in [0.2, 0.25) is 0 Å². The molecule has 114 valence electrons. The van der Waals surface area contributed by atoms with Crippen LogP contribution < -0.4 is 0 Å². The molecule has 1 heterocycles. The lowest BCUT2D eigenvalue weighted by Gasteiger charge is -2.51. The van der Waals surface area contributed by atoms with Gasteiger partial charge in [-0.25, -0.2) is 0 Å². The average molecular weight is 288 g/mol. The van der Waals surface area contributed by atoms with Gasteiger partial charge in [-0.2, -0.15) is 0 Å². The minimum absolute atomic E-state index is 0.0351. The standard InChI is InChI=1S/C18H24O3/c1-17(2)12-9-14-15(11-3-5-13(19)6-4-11)21-8-7-18(14,10-12)16(17)20/h3-6,12,14-16,19-20H,7-10H2,1-2H3/t12-,14-,15-,16-,18+/m1/s1. The Labute approximate surface area is 125 Å². The van der Waals surface area contributed by atoms with Gasteiger partial charge in [0.05, 0.1) is 12.2 Å². The first kappa shape index (κ1) is 13.6. The Morgan fingerprint density at radius 2 is 1.90 bits per heavy atom. The fourth-order valence-electron chi connectivity index (χ4n) is 5.41. The highest BCUT2D eigenvalue weighted by molar-refractivity contribution is 5.30. The van der Waals surface area contributed by atoms with E-state index in [9.17, 15) is 10.2 Å². The first-order valence-electron chi connectivity index (χ1n) is 8.04. The quantitative estimate of drug-likeness (QED) is 0.834. The van der Waals surface area contributed by atoms with Crippen LogP contribution >= 0.6 is 0 Å². The third-order valence-corrected chi connectivity index (χ3v) is 6.66. The van der Waals surface area contributed by atoms with Gasteiger partial charge in [0.2, 0.25) is 0 Å². The van der Waals surface area contributed by atoms with Crippen molar-refractivity contribution in [3.05, 3.63) is 29.8 Å². The summed E-state index contributed by atoms with van der Waals surface area (Å²) in [5.74, 6) is 1.29. The zero-order valence-electron chi connectivity index (χ0n) is 12.7. The molecule has 3 fully saturated rings. The minimum Gasteiger partial charge on any atom is -0.508 e. The van der Waals surface area contributed by atoms with Gasteiger partial charge in [-0.1, -0.05) is 26.0 Å². The van der Waals surface area contributed by atoms with E-state index in [1.165, 1.54) is 0 Å². The van der Waals surface area contributed by atoms with E-state index in [4.69, 9.17) is 4.74 Å². The normalized spacial score (nSPS) is 43.8. The number of hydrogen-bond acceptors (Lipinski definition) is 3. The molecule has 1 saturated heterocycles. The molecule has 2 N–H and O–H groups in total. The van der Waals surface area contributed by atoms with Gasteiger partial charge in [0, 0.05) is 12.0 Å². The predicted octanol–water partition coefficient (Wildman–Crippen LogP) is 3.27. The zero-order valence-corrected chi connectivity index (χ0v) is 12.7. The van der Waals surface area contributed by atoms with Crippen molar-refractivity contribution in [2.24, 2.45) is 22.7 Å². The van der Waals surface area contributed by atoms with Gasteiger partial charge in [-0.15, -0.1) is 0 Å². The van der Waals surface area contributed by atoms with Crippen LogP contribution in [0.15, 0.2) is 24.3 Å². The predicted molar refractivity (Wildman–Crippen MR) is 79.9 cm³/mol. The fourth-order valence-corrected chi connectivity index (χ4v) is 5.41. The van der Waals surface area contributed by atoms with Gasteiger partial charge in [0.1, 0.15) is 5.75 Å². The summed E-state index contributed by atoms with van der Waals surface area (Å²) in [4.78, 5) is 0. The molecule has 1 aromatic carbocycles. The maximum atomic E-state index is 10.9. The lowest BCUT2D eigenvalue weighted by Crippen LogP contribution is -2.51. The van der Waals surface area contributed by atoms with Crippen LogP contribution in [-0.2, 0) is 4.74 Å². The van der Waals surface area contributed by atoms with Gasteiger partial charge in [0.25, 0.3) is 0 Å². The van der Waals surface area contributed by atoms with E-state index in [0.717, 1.165) is 31.4 Å². The third kappa shape index (κ3) is 1.68. The van der Waals surface area contributed by atoms with E-state index < -0.39 is 0 Å². The molecular formula is C18H24O3. The SMILES string of the molecule is CC1(C)[C@@H]2C[C@@H]3[C@@H](c4ccc(O)cc4)OCC[C@@]3(C2)[C@@H]1O. The van der Waals surface area contributed by atoms with Gasteiger partial charge in [-0.3, -0.25) is 0 Å². The topological polar surface area (TPSA) is 49.7 Å². The van der Waals surface area contributed by atoms with Crippen molar-refractivity contribution >= 4 is 0 Å². The molecule has 21 heavy (non-hydrogen) atoms. The lowest BCUT2D eigenvalue weighted by molar-refractivity contribution is -0.164. The fraction of sp³-hybridized carbons (Fsp3) is 0.667. The van der Waals surface area contributed by atoms with Crippen molar-refractivity contribution < 1.29 is 14.9 Å². The highest BCUT2D eigenvalue weighted by Gasteiger charge is 2.67. The largest absolute Gasteiger partial charge is 0.508 e. The van der Waals surface area contributed by atoms with E-state index in [-0.39, 0.29) is 23.0 Å². The molecule has 1 spiro atoms. The Balaban J connectivity index is 1.70. The number of phenols is 1. The molecular weight excluding hydrogens is 264 g/mol. The zero-order chi connectivity index (χ0) is 14.8. The van der Waals surface area contributed by atoms with Gasteiger partial charge < -0.3 is 14.9 Å². The van der Waals surface area contributed by atoms with Crippen LogP contribution in [0.25, 0.3) is 0 Å². The summed E-state index contributed by atoms with van der Waals surface area (Å²) in [5, 5.41) is 20.4. The molecule has 1 aromatic rings. The van der Waals surface area contributed by atoms with E-state index >= 15 is 0 Å². The van der Waals surface area contributed by atoms with Crippen molar-refractivity contribution in [1.82, 2.24) is 0 Å². The number of rotatable bonds is 1. The van der Waals surface area contributed by atoms with Crippen molar-refractivity contribution in [3.63, 3.8) is 0 Å². The van der Waals surface area contributed by atoms with Gasteiger partial charge in [0.15, 0.2) is 0 Å². The summed E-state index contributed by atoms with van der Waals surface area (Å²) in [5.41, 5.74) is 1.21. The number of ether oxygens (including phenoxy) is 1. The van der Waals surface area contributed by atoms with Crippen LogP contribution in [0.3, 0.4) is 0 Å². The molecule has 2 aliphatic carbocycles. The molecule has 0 unspecified atom stereocenters. The van der Waals surface area contributed by atoms with E-state index in [2.05, 4.69) is 13.8 Å². The summed E-state index contributed by atoms with van der Waals surface area (Å²) in [6.07, 6.45) is 3.11. The molecule has 3 nitrogen and oxygen atoms in total. The molecule has 0 amide bonds. The molecule has 2 bridgehead atoms. The number of aliphatic hydroxyl groups is 1. The van der Waals surface area contributed by atoms with Crippen LogP contribution in [0.5, 0.6) is 5.75 Å². The second kappa shape index (κ2) is 4.23. The molecule has 2 saturated carbocycles. The summed E-state index contributed by atoms with van der Waals surface area (Å²) in [6.45, 7) is 5.17. The Morgan fingerprint density at radius 3 is 2.57 bits per heavy atom. The maximum absolute atomic E-state index is 10.9. The number of aliphatic hydroxyl groups excluding tert-OH is 1. The average Bonchev–Trinajstić information content (AvgIpc) is 2.94.